The molecule has 0 radical (unpaired) electrons. The molecule has 0 saturated carbocycles. The molecule has 0 aromatic heterocycles. The van der Waals surface area contributed by atoms with Crippen molar-refractivity contribution in [3.8, 4) is 0 Å². The summed E-state index contributed by atoms with van der Waals surface area (Å²) < 4.78 is 54.6. The fourth-order valence-electron chi connectivity index (χ4n) is 3.15. The van der Waals surface area contributed by atoms with Gasteiger partial charge in [0.1, 0.15) is 0 Å². The lowest BCUT2D eigenvalue weighted by Gasteiger charge is -2.22. The van der Waals surface area contributed by atoms with Crippen molar-refractivity contribution in [3.05, 3.63) is 0 Å². The summed E-state index contributed by atoms with van der Waals surface area (Å²) in [5.41, 5.74) is 0. The molecule has 0 spiro atoms. The molecule has 0 unspecified atom stereocenters. The number of rotatable bonds is 30. The summed E-state index contributed by atoms with van der Waals surface area (Å²) in [6.07, 6.45) is 2.54. The maximum absolute atomic E-state index is 5.78. The largest absolute Gasteiger partial charge is 0.378 e. The van der Waals surface area contributed by atoms with Crippen LogP contribution in [0.5, 0.6) is 0 Å². The highest BCUT2D eigenvalue weighted by molar-refractivity contribution is 6.17. The third-order valence-corrected chi connectivity index (χ3v) is 5.22. The topological polar surface area (TPSA) is 104 Å². The van der Waals surface area contributed by atoms with E-state index in [4.69, 9.17) is 59.0 Å². The van der Waals surface area contributed by atoms with Gasteiger partial charge in [0.05, 0.1) is 132 Å². The second-order valence-corrected chi connectivity index (χ2v) is 8.40. The van der Waals surface area contributed by atoms with Gasteiger partial charge < -0.3 is 52.7 Å². The second-order valence-electron chi connectivity index (χ2n) is 8.02. The Morgan fingerprint density at radius 2 is 0.676 bits per heavy atom. The third-order valence-electron chi connectivity index (χ3n) is 5.06. The van der Waals surface area contributed by atoms with Crippen LogP contribution in [0.1, 0.15) is 12.8 Å². The van der Waals surface area contributed by atoms with Crippen molar-refractivity contribution in [2.75, 3.05) is 145 Å². The Bertz CT molecular complexity index is 436. The van der Waals surface area contributed by atoms with Crippen LogP contribution in [0, 0.1) is 0 Å². The molecule has 37 heavy (non-hydrogen) atoms. The van der Waals surface area contributed by atoms with Crippen molar-refractivity contribution < 1.29 is 47.4 Å². The van der Waals surface area contributed by atoms with Crippen LogP contribution >= 0.6 is 11.6 Å². The highest BCUT2D eigenvalue weighted by atomic mass is 35.5. The number of nitrogens with one attached hydrogen (secondary N) is 1. The van der Waals surface area contributed by atoms with E-state index in [0.29, 0.717) is 138 Å². The SMILES string of the molecule is ClCCOCCOCCOCCOCCOCCOCCOCCOCCOCCOC1CCNCC1. The summed E-state index contributed by atoms with van der Waals surface area (Å²) in [7, 11) is 0. The first-order valence-corrected chi connectivity index (χ1v) is 14.0. The van der Waals surface area contributed by atoms with Crippen molar-refractivity contribution in [2.45, 2.75) is 18.9 Å². The highest BCUT2D eigenvalue weighted by Gasteiger charge is 2.12. The fraction of sp³-hybridized carbons (Fsp3) is 1.00. The van der Waals surface area contributed by atoms with Gasteiger partial charge in [-0.1, -0.05) is 0 Å². The van der Waals surface area contributed by atoms with Crippen molar-refractivity contribution in [3.63, 3.8) is 0 Å². The first kappa shape index (κ1) is 34.9. The van der Waals surface area contributed by atoms with Gasteiger partial charge in [-0.2, -0.15) is 0 Å². The number of hydrogen-bond acceptors (Lipinski definition) is 11. The average Bonchev–Trinajstić information content (AvgIpc) is 2.93. The van der Waals surface area contributed by atoms with Gasteiger partial charge in [-0.3, -0.25) is 0 Å². The van der Waals surface area contributed by atoms with E-state index in [-0.39, 0.29) is 0 Å². The Hall–Kier alpha value is -0.150. The monoisotopic (exact) mass is 559 g/mol. The molecule has 0 bridgehead atoms. The summed E-state index contributed by atoms with van der Waals surface area (Å²) in [5, 5.41) is 3.33. The first-order chi connectivity index (χ1) is 18.4. The van der Waals surface area contributed by atoms with Gasteiger partial charge in [0, 0.05) is 5.88 Å². The summed E-state index contributed by atoms with van der Waals surface area (Å²) in [5.74, 6) is 0.502. The van der Waals surface area contributed by atoms with E-state index < -0.39 is 0 Å². The predicted octanol–water partition coefficient (Wildman–Crippen LogP) is 1.14. The molecule has 0 atom stereocenters. The molecular weight excluding hydrogens is 510 g/mol. The smallest absolute Gasteiger partial charge is 0.0704 e. The van der Waals surface area contributed by atoms with E-state index in [9.17, 15) is 0 Å². The van der Waals surface area contributed by atoms with Crippen LogP contribution < -0.4 is 5.32 Å². The Morgan fingerprint density at radius 1 is 0.405 bits per heavy atom. The molecule has 11 nitrogen and oxygen atoms in total. The molecule has 1 aliphatic heterocycles. The standard InChI is InChI=1S/C25H50ClNO10/c26-3-6-28-7-8-29-9-10-30-11-12-31-13-14-32-15-16-33-17-18-34-19-20-35-21-22-36-23-24-37-25-1-4-27-5-2-25/h25,27H,1-24H2. The summed E-state index contributed by atoms with van der Waals surface area (Å²) >= 11 is 5.50. The Morgan fingerprint density at radius 3 is 0.973 bits per heavy atom. The van der Waals surface area contributed by atoms with Crippen LogP contribution in [0.2, 0.25) is 0 Å². The molecule has 1 N–H and O–H groups in total. The normalized spacial score (nSPS) is 14.5. The summed E-state index contributed by atoms with van der Waals surface area (Å²) in [6.45, 7) is 12.5. The Kier molecular flexibility index (Phi) is 28.6. The molecule has 1 fully saturated rings. The lowest BCUT2D eigenvalue weighted by Crippen LogP contribution is -2.33. The number of ether oxygens (including phenoxy) is 10. The van der Waals surface area contributed by atoms with Crippen molar-refractivity contribution in [1.29, 1.82) is 0 Å². The number of alkyl halides is 1. The highest BCUT2D eigenvalue weighted by Crippen LogP contribution is 2.06. The first-order valence-electron chi connectivity index (χ1n) is 13.5. The van der Waals surface area contributed by atoms with Gasteiger partial charge in [-0.15, -0.1) is 11.6 Å². The molecule has 1 saturated heterocycles. The van der Waals surface area contributed by atoms with Crippen molar-refractivity contribution in [1.82, 2.24) is 5.32 Å². The lowest BCUT2D eigenvalue weighted by molar-refractivity contribution is -0.0321. The van der Waals surface area contributed by atoms with Gasteiger partial charge in [0.15, 0.2) is 0 Å². The molecule has 0 aliphatic carbocycles. The second kappa shape index (κ2) is 30.4. The number of piperidine rings is 1. The molecule has 222 valence electrons. The van der Waals surface area contributed by atoms with Gasteiger partial charge in [0.25, 0.3) is 0 Å². The predicted molar refractivity (Wildman–Crippen MR) is 140 cm³/mol. The van der Waals surface area contributed by atoms with E-state index in [1.807, 2.05) is 0 Å². The van der Waals surface area contributed by atoms with Gasteiger partial charge >= 0.3 is 0 Å². The molecule has 1 rings (SSSR count). The van der Waals surface area contributed by atoms with Crippen LogP contribution in [0.3, 0.4) is 0 Å². The van der Waals surface area contributed by atoms with Crippen LogP contribution in [0.4, 0.5) is 0 Å². The van der Waals surface area contributed by atoms with Crippen molar-refractivity contribution in [2.24, 2.45) is 0 Å². The van der Waals surface area contributed by atoms with Gasteiger partial charge in [-0.25, -0.2) is 0 Å². The number of hydrogen-bond donors (Lipinski definition) is 1. The van der Waals surface area contributed by atoms with E-state index in [1.54, 1.807) is 0 Å². The maximum Gasteiger partial charge on any atom is 0.0704 e. The Labute approximate surface area is 227 Å². The zero-order valence-electron chi connectivity index (χ0n) is 22.5. The van der Waals surface area contributed by atoms with Gasteiger partial charge in [0.2, 0.25) is 0 Å². The van der Waals surface area contributed by atoms with Crippen LogP contribution in [-0.4, -0.2) is 151 Å². The van der Waals surface area contributed by atoms with Gasteiger partial charge in [-0.05, 0) is 25.9 Å². The van der Waals surface area contributed by atoms with Crippen LogP contribution in [-0.2, 0) is 47.4 Å². The Balaban J connectivity index is 1.61. The third kappa shape index (κ3) is 27.2. The number of halogens is 1. The lowest BCUT2D eigenvalue weighted by atomic mass is 10.1. The van der Waals surface area contributed by atoms with E-state index in [1.165, 1.54) is 0 Å². The molecule has 1 heterocycles. The van der Waals surface area contributed by atoms with Crippen molar-refractivity contribution >= 4 is 11.6 Å². The van der Waals surface area contributed by atoms with E-state index >= 15 is 0 Å². The zero-order valence-corrected chi connectivity index (χ0v) is 23.3. The quantitative estimate of drug-likeness (QED) is 0.101. The zero-order chi connectivity index (χ0) is 26.3. The van der Waals surface area contributed by atoms with Crippen LogP contribution in [0.25, 0.3) is 0 Å². The minimum absolute atomic E-state index is 0.376. The summed E-state index contributed by atoms with van der Waals surface area (Å²) in [6, 6.07) is 0. The summed E-state index contributed by atoms with van der Waals surface area (Å²) in [4.78, 5) is 0. The molecule has 1 aliphatic rings. The van der Waals surface area contributed by atoms with E-state index in [0.717, 1.165) is 25.9 Å². The minimum Gasteiger partial charge on any atom is -0.378 e. The molecule has 0 aromatic carbocycles. The minimum atomic E-state index is 0.376. The molecule has 12 heteroatoms. The average molecular weight is 560 g/mol. The maximum atomic E-state index is 5.78. The van der Waals surface area contributed by atoms with E-state index in [2.05, 4.69) is 5.32 Å². The van der Waals surface area contributed by atoms with Crippen LogP contribution in [0.15, 0.2) is 0 Å². The molecular formula is C25H50ClNO10. The molecule has 0 aromatic rings. The fourth-order valence-corrected chi connectivity index (χ4v) is 3.26. The molecule has 0 amide bonds.